The van der Waals surface area contributed by atoms with Gasteiger partial charge in [0.1, 0.15) is 0 Å². The third-order valence-corrected chi connectivity index (χ3v) is 5.89. The van der Waals surface area contributed by atoms with Crippen LogP contribution >= 0.6 is 0 Å². The lowest BCUT2D eigenvalue weighted by Gasteiger charge is -2.23. The van der Waals surface area contributed by atoms with E-state index in [0.717, 1.165) is 5.56 Å². The van der Waals surface area contributed by atoms with E-state index in [1.807, 2.05) is 30.3 Å². The monoisotopic (exact) mass is 375 g/mol. The summed E-state index contributed by atoms with van der Waals surface area (Å²) in [7, 11) is -3.48. The van der Waals surface area contributed by atoms with Crippen molar-refractivity contribution in [3.05, 3.63) is 66.2 Å². The average Bonchev–Trinajstić information content (AvgIpc) is 2.65. The van der Waals surface area contributed by atoms with Crippen LogP contribution in [0.5, 0.6) is 0 Å². The van der Waals surface area contributed by atoms with Crippen molar-refractivity contribution < 1.29 is 18.3 Å². The number of hydrogen-bond acceptors (Lipinski definition) is 4. The summed E-state index contributed by atoms with van der Waals surface area (Å²) in [6.07, 6.45) is 1.07. The Balaban J connectivity index is 1.77. The van der Waals surface area contributed by atoms with Crippen LogP contribution in [0.15, 0.2) is 65.6 Å². The summed E-state index contributed by atoms with van der Waals surface area (Å²) >= 11 is 0. The molecule has 0 saturated carbocycles. The largest absolute Gasteiger partial charge is 0.388 e. The molecule has 0 bridgehead atoms. The minimum absolute atomic E-state index is 0.0874. The number of rotatable bonds is 9. The molecule has 0 spiro atoms. The lowest BCUT2D eigenvalue weighted by atomic mass is 9.97. The van der Waals surface area contributed by atoms with Crippen molar-refractivity contribution in [2.75, 3.05) is 12.3 Å². The van der Waals surface area contributed by atoms with Crippen molar-refractivity contribution in [1.29, 1.82) is 0 Å². The number of aliphatic hydroxyl groups is 1. The van der Waals surface area contributed by atoms with Crippen LogP contribution in [0.1, 0.15) is 25.3 Å². The molecule has 2 aromatic carbocycles. The van der Waals surface area contributed by atoms with Crippen LogP contribution < -0.4 is 5.32 Å². The minimum atomic E-state index is -3.48. The van der Waals surface area contributed by atoms with Crippen molar-refractivity contribution in [1.82, 2.24) is 5.32 Å². The Bertz CT molecular complexity index is 802. The Kier molecular flexibility index (Phi) is 6.94. The first kappa shape index (κ1) is 20.1. The smallest absolute Gasteiger partial charge is 0.221 e. The van der Waals surface area contributed by atoms with Crippen molar-refractivity contribution in [2.24, 2.45) is 0 Å². The number of hydrogen-bond donors (Lipinski definition) is 2. The molecule has 0 aliphatic rings. The van der Waals surface area contributed by atoms with Gasteiger partial charge in [-0.15, -0.1) is 0 Å². The predicted octanol–water partition coefficient (Wildman–Crippen LogP) is 2.35. The molecule has 2 N–H and O–H groups in total. The molecule has 2 aromatic rings. The van der Waals surface area contributed by atoms with Crippen molar-refractivity contribution in [3.8, 4) is 0 Å². The summed E-state index contributed by atoms with van der Waals surface area (Å²) in [5.41, 5.74) is 0.0668. The summed E-state index contributed by atoms with van der Waals surface area (Å²) in [6, 6.07) is 17.9. The van der Waals surface area contributed by atoms with Gasteiger partial charge in [0.05, 0.1) is 16.2 Å². The van der Waals surface area contributed by atoms with Crippen molar-refractivity contribution in [3.63, 3.8) is 0 Å². The van der Waals surface area contributed by atoms with E-state index >= 15 is 0 Å². The SMILES string of the molecule is C[C@](O)(CCc1ccccc1)CNC(=O)CCS(=O)(=O)c1ccccc1. The maximum absolute atomic E-state index is 12.2. The number of nitrogens with one attached hydrogen (secondary N) is 1. The molecule has 0 heterocycles. The zero-order valence-electron chi connectivity index (χ0n) is 14.9. The summed E-state index contributed by atoms with van der Waals surface area (Å²) < 4.78 is 24.3. The molecule has 0 unspecified atom stereocenters. The molecule has 26 heavy (non-hydrogen) atoms. The highest BCUT2D eigenvalue weighted by Crippen LogP contribution is 2.14. The number of sulfone groups is 1. The van der Waals surface area contributed by atoms with Crippen LogP contribution in [-0.2, 0) is 21.1 Å². The molecule has 140 valence electrons. The van der Waals surface area contributed by atoms with Gasteiger partial charge in [-0.3, -0.25) is 4.79 Å². The van der Waals surface area contributed by atoms with Gasteiger partial charge in [0.15, 0.2) is 9.84 Å². The van der Waals surface area contributed by atoms with E-state index in [1.54, 1.807) is 25.1 Å². The van der Waals surface area contributed by atoms with E-state index in [9.17, 15) is 18.3 Å². The topological polar surface area (TPSA) is 83.5 Å². The molecular formula is C20H25NO4S. The van der Waals surface area contributed by atoms with Gasteiger partial charge in [-0.2, -0.15) is 0 Å². The maximum Gasteiger partial charge on any atom is 0.221 e. The molecule has 0 fully saturated rings. The first-order valence-electron chi connectivity index (χ1n) is 8.59. The highest BCUT2D eigenvalue weighted by atomic mass is 32.2. The molecule has 0 saturated heterocycles. The second-order valence-corrected chi connectivity index (χ2v) is 8.75. The second kappa shape index (κ2) is 8.96. The number of amides is 1. The molecule has 5 nitrogen and oxygen atoms in total. The lowest BCUT2D eigenvalue weighted by Crippen LogP contribution is -2.41. The van der Waals surface area contributed by atoms with Gasteiger partial charge in [0.2, 0.25) is 5.91 Å². The van der Waals surface area contributed by atoms with Gasteiger partial charge in [-0.25, -0.2) is 8.42 Å². The van der Waals surface area contributed by atoms with Crippen molar-refractivity contribution in [2.45, 2.75) is 36.7 Å². The van der Waals surface area contributed by atoms with Crippen molar-refractivity contribution >= 4 is 15.7 Å². The molecule has 1 amide bonds. The Labute approximate surface area is 155 Å². The Morgan fingerprint density at radius 1 is 1.04 bits per heavy atom. The quantitative estimate of drug-likeness (QED) is 0.705. The summed E-state index contributed by atoms with van der Waals surface area (Å²) in [5, 5.41) is 13.0. The average molecular weight is 375 g/mol. The van der Waals surface area contributed by atoms with Crippen LogP contribution in [0.4, 0.5) is 0 Å². The number of carbonyl (C=O) groups excluding carboxylic acids is 1. The van der Waals surface area contributed by atoms with Gasteiger partial charge in [0, 0.05) is 13.0 Å². The van der Waals surface area contributed by atoms with E-state index in [0.29, 0.717) is 12.8 Å². The van der Waals surface area contributed by atoms with Gasteiger partial charge < -0.3 is 10.4 Å². The van der Waals surface area contributed by atoms with Crippen LogP contribution in [0.2, 0.25) is 0 Å². The maximum atomic E-state index is 12.2. The van der Waals surface area contributed by atoms with Gasteiger partial charge >= 0.3 is 0 Å². The first-order chi connectivity index (χ1) is 12.3. The summed E-state index contributed by atoms with van der Waals surface area (Å²) in [4.78, 5) is 12.2. The van der Waals surface area contributed by atoms with E-state index < -0.39 is 15.4 Å². The summed E-state index contributed by atoms with van der Waals surface area (Å²) in [6.45, 7) is 1.75. The van der Waals surface area contributed by atoms with Crippen LogP contribution in [0.25, 0.3) is 0 Å². The zero-order valence-corrected chi connectivity index (χ0v) is 15.7. The highest BCUT2D eigenvalue weighted by Gasteiger charge is 2.22. The predicted molar refractivity (Wildman–Crippen MR) is 102 cm³/mol. The molecule has 0 aliphatic carbocycles. The van der Waals surface area contributed by atoms with Gasteiger partial charge in [-0.05, 0) is 37.5 Å². The van der Waals surface area contributed by atoms with E-state index in [4.69, 9.17) is 0 Å². The Morgan fingerprint density at radius 2 is 1.62 bits per heavy atom. The molecule has 0 aliphatic heterocycles. The normalized spacial score (nSPS) is 13.8. The van der Waals surface area contributed by atoms with E-state index in [2.05, 4.69) is 5.32 Å². The van der Waals surface area contributed by atoms with Crippen LogP contribution in [0, 0.1) is 0 Å². The molecule has 1 atom stereocenters. The molecular weight excluding hydrogens is 350 g/mol. The molecule has 2 rings (SSSR count). The van der Waals surface area contributed by atoms with E-state index in [-0.39, 0.29) is 29.5 Å². The standard InChI is InChI=1S/C20H25NO4S/c1-20(23,14-12-17-8-4-2-5-9-17)16-21-19(22)13-15-26(24,25)18-10-6-3-7-11-18/h2-11,23H,12-16H2,1H3,(H,21,22)/t20-/m0/s1. The second-order valence-electron chi connectivity index (χ2n) is 6.64. The minimum Gasteiger partial charge on any atom is -0.388 e. The number of carbonyl (C=O) groups is 1. The van der Waals surface area contributed by atoms with Crippen LogP contribution in [0.3, 0.4) is 0 Å². The fourth-order valence-corrected chi connectivity index (χ4v) is 3.76. The molecule has 0 radical (unpaired) electrons. The van der Waals surface area contributed by atoms with E-state index in [1.165, 1.54) is 12.1 Å². The zero-order chi connectivity index (χ0) is 19.0. The van der Waals surface area contributed by atoms with Gasteiger partial charge in [0.25, 0.3) is 0 Å². The van der Waals surface area contributed by atoms with Crippen LogP contribution in [-0.4, -0.2) is 37.3 Å². The Morgan fingerprint density at radius 3 is 2.23 bits per heavy atom. The Hall–Kier alpha value is -2.18. The lowest BCUT2D eigenvalue weighted by molar-refractivity contribution is -0.121. The molecule has 6 heteroatoms. The number of benzene rings is 2. The third kappa shape index (κ3) is 6.61. The summed E-state index contributed by atoms with van der Waals surface area (Å²) in [5.74, 6) is -0.640. The fourth-order valence-electron chi connectivity index (χ4n) is 2.50. The third-order valence-electron chi connectivity index (χ3n) is 4.16. The highest BCUT2D eigenvalue weighted by molar-refractivity contribution is 7.91. The molecule has 0 aromatic heterocycles. The number of aryl methyl sites for hydroxylation is 1. The first-order valence-corrected chi connectivity index (χ1v) is 10.2. The van der Waals surface area contributed by atoms with Gasteiger partial charge in [-0.1, -0.05) is 48.5 Å². The fraction of sp³-hybridized carbons (Fsp3) is 0.350.